The number of carbonyl (C=O) groups excluding carboxylic acids is 2. The van der Waals surface area contributed by atoms with Gasteiger partial charge in [-0.2, -0.15) is 13.2 Å². The van der Waals surface area contributed by atoms with Crippen molar-refractivity contribution in [1.29, 1.82) is 0 Å². The Morgan fingerprint density at radius 3 is 2.18 bits per heavy atom. The van der Waals surface area contributed by atoms with E-state index in [0.717, 1.165) is 18.4 Å². The number of hydrogen-bond donors (Lipinski definition) is 1. The smallest absolute Gasteiger partial charge is 0.352 e. The first-order valence-corrected chi connectivity index (χ1v) is 16.4. The van der Waals surface area contributed by atoms with E-state index in [-0.39, 0.29) is 24.0 Å². The molecule has 2 amide bonds. The van der Waals surface area contributed by atoms with Crippen LogP contribution in [-0.2, 0) is 38.8 Å². The van der Waals surface area contributed by atoms with E-state index in [4.69, 9.17) is 34.8 Å². The van der Waals surface area contributed by atoms with Gasteiger partial charge in [0.05, 0.1) is 22.5 Å². The third-order valence-corrected chi connectivity index (χ3v) is 8.91. The van der Waals surface area contributed by atoms with E-state index in [2.05, 4.69) is 5.32 Å². The number of carbonyl (C=O) groups is 2. The summed E-state index contributed by atoms with van der Waals surface area (Å²) in [4.78, 5) is 29.0. The fourth-order valence-electron chi connectivity index (χ4n) is 4.33. The zero-order valence-corrected chi connectivity index (χ0v) is 27.1. The van der Waals surface area contributed by atoms with E-state index in [1.807, 2.05) is 6.92 Å². The largest absolute Gasteiger partial charge is 0.417 e. The number of hydrogen-bond acceptors (Lipinski definition) is 4. The molecule has 0 aliphatic rings. The molecule has 0 radical (unpaired) electrons. The summed E-state index contributed by atoms with van der Waals surface area (Å²) in [6.07, 6.45) is -3.47. The second-order valence-corrected chi connectivity index (χ2v) is 13.4. The van der Waals surface area contributed by atoms with E-state index in [1.54, 1.807) is 49.4 Å². The average molecular weight is 693 g/mol. The van der Waals surface area contributed by atoms with Crippen LogP contribution in [0.3, 0.4) is 0 Å². The number of sulfonamides is 1. The van der Waals surface area contributed by atoms with E-state index in [0.29, 0.717) is 32.9 Å². The maximum absolute atomic E-state index is 14.1. The SMILES string of the molecule is CC[C@@H](C)NC(=O)[C@H](Cc1ccccc1)N(Cc1ccc(Cl)cc1Cl)C(=O)CN(c1ccc(Cl)c(C(F)(F)F)c1)S(C)(=O)=O. The van der Waals surface area contributed by atoms with Crippen LogP contribution in [0, 0.1) is 0 Å². The minimum atomic E-state index is -4.88. The molecule has 238 valence electrons. The Balaban J connectivity index is 2.13. The van der Waals surface area contributed by atoms with Gasteiger partial charge in [-0.15, -0.1) is 0 Å². The summed E-state index contributed by atoms with van der Waals surface area (Å²) in [5.74, 6) is -1.36. The first-order valence-electron chi connectivity index (χ1n) is 13.4. The first-order chi connectivity index (χ1) is 20.5. The Bertz CT molecular complexity index is 1590. The monoisotopic (exact) mass is 691 g/mol. The highest BCUT2D eigenvalue weighted by atomic mass is 35.5. The highest BCUT2D eigenvalue weighted by Gasteiger charge is 2.36. The first kappa shape index (κ1) is 35.5. The standard InChI is InChI=1S/C30H31Cl3F3N3O4S/c1-4-19(2)37-29(41)27(14-20-8-6-5-7-9-20)38(17-21-10-11-22(31)15-26(21)33)28(40)18-39(44(3,42)43)23-12-13-25(32)24(16-23)30(34,35)36/h5-13,15-16,19,27H,4,14,17-18H2,1-3H3,(H,37,41)/t19-,27+/m1/s1. The van der Waals surface area contributed by atoms with Gasteiger partial charge in [0, 0.05) is 29.1 Å². The Morgan fingerprint density at radius 1 is 0.955 bits per heavy atom. The molecule has 3 rings (SSSR count). The van der Waals surface area contributed by atoms with Gasteiger partial charge in [0.2, 0.25) is 21.8 Å². The molecule has 3 aromatic rings. The van der Waals surface area contributed by atoms with E-state index < -0.39 is 56.9 Å². The number of benzene rings is 3. The molecule has 0 bridgehead atoms. The van der Waals surface area contributed by atoms with Gasteiger partial charge in [-0.1, -0.05) is 78.1 Å². The molecule has 0 aliphatic heterocycles. The number of rotatable bonds is 12. The van der Waals surface area contributed by atoms with Crippen LogP contribution in [0.1, 0.15) is 37.0 Å². The van der Waals surface area contributed by atoms with Crippen LogP contribution >= 0.6 is 34.8 Å². The summed E-state index contributed by atoms with van der Waals surface area (Å²) in [5.41, 5.74) is -0.567. The molecule has 3 aromatic carbocycles. The van der Waals surface area contributed by atoms with Crippen molar-refractivity contribution < 1.29 is 31.2 Å². The van der Waals surface area contributed by atoms with Crippen LogP contribution in [0.25, 0.3) is 0 Å². The van der Waals surface area contributed by atoms with E-state index in [9.17, 15) is 31.2 Å². The summed E-state index contributed by atoms with van der Waals surface area (Å²) >= 11 is 18.2. The summed E-state index contributed by atoms with van der Waals surface area (Å²) in [5, 5.41) is 2.78. The maximum atomic E-state index is 14.1. The van der Waals surface area contributed by atoms with Gasteiger partial charge in [0.15, 0.2) is 0 Å². The molecule has 0 unspecified atom stereocenters. The molecule has 14 heteroatoms. The zero-order chi connectivity index (χ0) is 32.8. The van der Waals surface area contributed by atoms with Crippen LogP contribution in [-0.4, -0.2) is 50.0 Å². The van der Waals surface area contributed by atoms with E-state index in [1.165, 1.54) is 11.0 Å². The number of nitrogens with one attached hydrogen (secondary N) is 1. The number of halogens is 6. The zero-order valence-electron chi connectivity index (χ0n) is 24.0. The van der Waals surface area contributed by atoms with Crippen LogP contribution in [0.15, 0.2) is 66.7 Å². The second-order valence-electron chi connectivity index (χ2n) is 10.2. The van der Waals surface area contributed by atoms with Crippen molar-refractivity contribution in [2.45, 2.75) is 51.5 Å². The van der Waals surface area contributed by atoms with Gasteiger partial charge < -0.3 is 10.2 Å². The predicted molar refractivity (Wildman–Crippen MR) is 167 cm³/mol. The lowest BCUT2D eigenvalue weighted by Crippen LogP contribution is -2.54. The third kappa shape index (κ3) is 9.50. The molecule has 0 saturated heterocycles. The molecule has 0 aliphatic carbocycles. The van der Waals surface area contributed by atoms with Crippen molar-refractivity contribution in [1.82, 2.24) is 10.2 Å². The summed E-state index contributed by atoms with van der Waals surface area (Å²) in [6, 6.07) is 14.6. The Morgan fingerprint density at radius 2 is 1.61 bits per heavy atom. The minimum Gasteiger partial charge on any atom is -0.352 e. The van der Waals surface area contributed by atoms with E-state index >= 15 is 0 Å². The molecule has 0 fully saturated rings. The lowest BCUT2D eigenvalue weighted by atomic mass is 10.0. The number of anilines is 1. The summed E-state index contributed by atoms with van der Waals surface area (Å²) < 4.78 is 67.2. The van der Waals surface area contributed by atoms with Crippen molar-refractivity contribution in [3.8, 4) is 0 Å². The number of nitrogens with zero attached hydrogens (tertiary/aromatic N) is 2. The highest BCUT2D eigenvalue weighted by Crippen LogP contribution is 2.37. The quantitative estimate of drug-likeness (QED) is 0.222. The fraction of sp³-hybridized carbons (Fsp3) is 0.333. The van der Waals surface area contributed by atoms with Crippen LogP contribution in [0.2, 0.25) is 15.1 Å². The molecule has 0 aromatic heterocycles. The Hall–Kier alpha value is -2.99. The van der Waals surface area contributed by atoms with Crippen molar-refractivity contribution in [3.63, 3.8) is 0 Å². The fourth-order valence-corrected chi connectivity index (χ4v) is 5.86. The van der Waals surface area contributed by atoms with Gasteiger partial charge >= 0.3 is 6.18 Å². The lowest BCUT2D eigenvalue weighted by molar-refractivity contribution is -0.140. The Labute approximate surface area is 269 Å². The van der Waals surface area contributed by atoms with Gasteiger partial charge in [-0.05, 0) is 54.8 Å². The highest BCUT2D eigenvalue weighted by molar-refractivity contribution is 7.92. The molecule has 0 heterocycles. The van der Waals surface area contributed by atoms with Crippen LogP contribution in [0.4, 0.5) is 18.9 Å². The van der Waals surface area contributed by atoms with Crippen molar-refractivity contribution in [2.75, 3.05) is 17.1 Å². The molecular formula is C30H31Cl3F3N3O4S. The van der Waals surface area contributed by atoms with Crippen LogP contribution in [0.5, 0.6) is 0 Å². The number of alkyl halides is 3. The van der Waals surface area contributed by atoms with Gasteiger partial charge in [0.1, 0.15) is 12.6 Å². The predicted octanol–water partition coefficient (Wildman–Crippen LogP) is 6.99. The summed E-state index contributed by atoms with van der Waals surface area (Å²) in [7, 11) is -4.30. The minimum absolute atomic E-state index is 0.0537. The molecule has 7 nitrogen and oxygen atoms in total. The van der Waals surface area contributed by atoms with Crippen molar-refractivity contribution in [3.05, 3.63) is 98.5 Å². The topological polar surface area (TPSA) is 86.8 Å². The molecule has 0 spiro atoms. The molecule has 1 N–H and O–H groups in total. The van der Waals surface area contributed by atoms with Crippen molar-refractivity contribution >= 4 is 62.3 Å². The maximum Gasteiger partial charge on any atom is 0.417 e. The van der Waals surface area contributed by atoms with Gasteiger partial charge in [0.25, 0.3) is 0 Å². The van der Waals surface area contributed by atoms with Gasteiger partial charge in [-0.25, -0.2) is 8.42 Å². The normalized spacial score (nSPS) is 13.2. The third-order valence-electron chi connectivity index (χ3n) is 6.85. The molecule has 0 saturated carbocycles. The second kappa shape index (κ2) is 14.9. The Kier molecular flexibility index (Phi) is 12.0. The average Bonchev–Trinajstić information content (AvgIpc) is 2.94. The van der Waals surface area contributed by atoms with Crippen molar-refractivity contribution in [2.24, 2.45) is 0 Å². The molecular weight excluding hydrogens is 662 g/mol. The molecule has 2 atom stereocenters. The van der Waals surface area contributed by atoms with Crippen LogP contribution < -0.4 is 9.62 Å². The van der Waals surface area contributed by atoms with Gasteiger partial charge in [-0.3, -0.25) is 13.9 Å². The summed E-state index contributed by atoms with van der Waals surface area (Å²) in [6.45, 7) is 2.53. The molecule has 44 heavy (non-hydrogen) atoms. The lowest BCUT2D eigenvalue weighted by Gasteiger charge is -2.34. The number of amides is 2.